The van der Waals surface area contributed by atoms with Crippen LogP contribution in [0.25, 0.3) is 10.8 Å². The van der Waals surface area contributed by atoms with Gasteiger partial charge in [0.15, 0.2) is 0 Å². The number of nitrogens with zero attached hydrogens (tertiary/aromatic N) is 1. The van der Waals surface area contributed by atoms with Gasteiger partial charge >= 0.3 is 6.18 Å². The molecular weight excluding hydrogens is 395 g/mol. The standard InChI is InChI=1S/C24H24F3N.ClH/c25-24(26,27)23-7-3-6-22(17-23)20-11-14-28(15-12-20)13-10-18-8-9-19-4-1-2-5-21(19)16-18;/h1-9,16-17,20H,10-15H2;1H. The smallest absolute Gasteiger partial charge is 0.303 e. The van der Waals surface area contributed by atoms with Crippen LogP contribution in [0.15, 0.2) is 66.7 Å². The van der Waals surface area contributed by atoms with Gasteiger partial charge in [-0.15, -0.1) is 12.4 Å². The zero-order valence-corrected chi connectivity index (χ0v) is 17.0. The molecule has 0 radical (unpaired) electrons. The highest BCUT2D eigenvalue weighted by Crippen LogP contribution is 2.34. The molecular formula is C24H25ClF3N. The van der Waals surface area contributed by atoms with Gasteiger partial charge in [0.1, 0.15) is 0 Å². The van der Waals surface area contributed by atoms with E-state index in [1.165, 1.54) is 28.5 Å². The van der Waals surface area contributed by atoms with E-state index in [2.05, 4.69) is 47.4 Å². The summed E-state index contributed by atoms with van der Waals surface area (Å²) < 4.78 is 38.8. The van der Waals surface area contributed by atoms with Crippen LogP contribution in [0.1, 0.15) is 35.4 Å². The molecule has 0 unspecified atom stereocenters. The SMILES string of the molecule is Cl.FC(F)(F)c1cccc(C2CCN(CCc3ccc4ccccc4c3)CC2)c1. The van der Waals surface area contributed by atoms with Crippen molar-refractivity contribution in [3.05, 3.63) is 83.4 Å². The van der Waals surface area contributed by atoms with Crippen molar-refractivity contribution >= 4 is 23.2 Å². The predicted octanol–water partition coefficient (Wildman–Crippen LogP) is 6.70. The van der Waals surface area contributed by atoms with Gasteiger partial charge in [0, 0.05) is 6.54 Å². The maximum absolute atomic E-state index is 12.9. The van der Waals surface area contributed by atoms with Gasteiger partial charge in [-0.2, -0.15) is 13.2 Å². The Morgan fingerprint density at radius 3 is 2.28 bits per heavy atom. The first-order valence-corrected chi connectivity index (χ1v) is 9.86. The quantitative estimate of drug-likeness (QED) is 0.454. The number of piperidine rings is 1. The van der Waals surface area contributed by atoms with E-state index in [4.69, 9.17) is 0 Å². The molecule has 1 nitrogen and oxygen atoms in total. The lowest BCUT2D eigenvalue weighted by Gasteiger charge is -2.32. The van der Waals surface area contributed by atoms with E-state index in [9.17, 15) is 13.2 Å². The van der Waals surface area contributed by atoms with E-state index < -0.39 is 11.7 Å². The highest BCUT2D eigenvalue weighted by atomic mass is 35.5. The van der Waals surface area contributed by atoms with Crippen LogP contribution in [0, 0.1) is 0 Å². The average molecular weight is 420 g/mol. The first-order chi connectivity index (χ1) is 13.5. The molecule has 3 aromatic carbocycles. The molecule has 1 fully saturated rings. The normalized spacial score (nSPS) is 16.0. The van der Waals surface area contributed by atoms with Gasteiger partial charge in [0.25, 0.3) is 0 Å². The van der Waals surface area contributed by atoms with E-state index >= 15 is 0 Å². The molecule has 0 N–H and O–H groups in total. The monoisotopic (exact) mass is 419 g/mol. The number of alkyl halides is 3. The second-order valence-corrected chi connectivity index (χ2v) is 7.67. The molecule has 3 aromatic rings. The molecule has 1 heterocycles. The minimum absolute atomic E-state index is 0. The molecule has 0 amide bonds. The molecule has 0 bridgehead atoms. The maximum atomic E-state index is 12.9. The largest absolute Gasteiger partial charge is 0.416 e. The summed E-state index contributed by atoms with van der Waals surface area (Å²) in [5.41, 5.74) is 1.62. The molecule has 0 saturated carbocycles. The van der Waals surface area contributed by atoms with Crippen LogP contribution >= 0.6 is 12.4 Å². The second-order valence-electron chi connectivity index (χ2n) is 7.67. The lowest BCUT2D eigenvalue weighted by atomic mass is 9.88. The van der Waals surface area contributed by atoms with Crippen molar-refractivity contribution in [2.75, 3.05) is 19.6 Å². The highest BCUT2D eigenvalue weighted by Gasteiger charge is 2.31. The fourth-order valence-electron chi connectivity index (χ4n) is 4.14. The number of benzene rings is 3. The Kier molecular flexibility index (Phi) is 6.86. The van der Waals surface area contributed by atoms with Crippen molar-refractivity contribution in [3.8, 4) is 0 Å². The summed E-state index contributed by atoms with van der Waals surface area (Å²) >= 11 is 0. The minimum Gasteiger partial charge on any atom is -0.303 e. The van der Waals surface area contributed by atoms with Crippen LogP contribution < -0.4 is 0 Å². The van der Waals surface area contributed by atoms with Crippen LogP contribution in [-0.4, -0.2) is 24.5 Å². The van der Waals surface area contributed by atoms with E-state index in [-0.39, 0.29) is 18.3 Å². The van der Waals surface area contributed by atoms with Crippen LogP contribution in [0.5, 0.6) is 0 Å². The van der Waals surface area contributed by atoms with Gasteiger partial charge in [-0.05, 0) is 66.2 Å². The summed E-state index contributed by atoms with van der Waals surface area (Å²) in [5.74, 6) is 0.221. The predicted molar refractivity (Wildman–Crippen MR) is 115 cm³/mol. The highest BCUT2D eigenvalue weighted by molar-refractivity contribution is 5.85. The van der Waals surface area contributed by atoms with Gasteiger partial charge in [0.2, 0.25) is 0 Å². The molecule has 5 heteroatoms. The lowest BCUT2D eigenvalue weighted by molar-refractivity contribution is -0.137. The summed E-state index contributed by atoms with van der Waals surface area (Å²) in [6.45, 7) is 2.87. The summed E-state index contributed by atoms with van der Waals surface area (Å²) in [4.78, 5) is 2.43. The number of likely N-dealkylation sites (tertiary alicyclic amines) is 1. The molecule has 0 atom stereocenters. The minimum atomic E-state index is -4.27. The Morgan fingerprint density at radius 2 is 1.55 bits per heavy atom. The fraction of sp³-hybridized carbons (Fsp3) is 0.333. The molecule has 1 aliphatic rings. The van der Waals surface area contributed by atoms with E-state index in [0.717, 1.165) is 50.5 Å². The summed E-state index contributed by atoms with van der Waals surface area (Å²) in [7, 11) is 0. The Bertz CT molecular complexity index is 946. The number of hydrogen-bond donors (Lipinski definition) is 0. The summed E-state index contributed by atoms with van der Waals surface area (Å²) in [6, 6.07) is 20.8. The van der Waals surface area contributed by atoms with Crippen LogP contribution in [-0.2, 0) is 12.6 Å². The molecule has 29 heavy (non-hydrogen) atoms. The maximum Gasteiger partial charge on any atom is 0.416 e. The Hall–Kier alpha value is -2.04. The number of hydrogen-bond acceptors (Lipinski definition) is 1. The first kappa shape index (κ1) is 21.7. The van der Waals surface area contributed by atoms with Crippen molar-refractivity contribution in [2.24, 2.45) is 0 Å². The Morgan fingerprint density at radius 1 is 0.828 bits per heavy atom. The van der Waals surface area contributed by atoms with Gasteiger partial charge in [-0.1, -0.05) is 60.7 Å². The third-order valence-corrected chi connectivity index (χ3v) is 5.80. The molecule has 4 rings (SSSR count). The van der Waals surface area contributed by atoms with Crippen LogP contribution in [0.2, 0.25) is 0 Å². The van der Waals surface area contributed by atoms with Gasteiger partial charge in [0.05, 0.1) is 5.56 Å². The third kappa shape index (κ3) is 5.31. The third-order valence-electron chi connectivity index (χ3n) is 5.80. The van der Waals surface area contributed by atoms with Crippen LogP contribution in [0.3, 0.4) is 0 Å². The second kappa shape index (κ2) is 9.19. The van der Waals surface area contributed by atoms with Crippen molar-refractivity contribution in [2.45, 2.75) is 31.4 Å². The fourth-order valence-corrected chi connectivity index (χ4v) is 4.14. The molecule has 154 valence electrons. The Balaban J connectivity index is 0.00000240. The van der Waals surface area contributed by atoms with Crippen molar-refractivity contribution in [1.29, 1.82) is 0 Å². The molecule has 1 saturated heterocycles. The molecule has 0 spiro atoms. The first-order valence-electron chi connectivity index (χ1n) is 9.86. The van der Waals surface area contributed by atoms with Crippen molar-refractivity contribution in [1.82, 2.24) is 4.90 Å². The summed E-state index contributed by atoms with van der Waals surface area (Å²) in [6.07, 6.45) is -1.44. The van der Waals surface area contributed by atoms with Crippen molar-refractivity contribution < 1.29 is 13.2 Å². The zero-order chi connectivity index (χ0) is 19.6. The molecule has 0 aromatic heterocycles. The number of rotatable bonds is 4. The Labute approximate surface area is 175 Å². The van der Waals surface area contributed by atoms with Gasteiger partial charge in [-0.25, -0.2) is 0 Å². The van der Waals surface area contributed by atoms with Gasteiger partial charge in [-0.3, -0.25) is 0 Å². The zero-order valence-electron chi connectivity index (χ0n) is 16.2. The topological polar surface area (TPSA) is 3.24 Å². The van der Waals surface area contributed by atoms with Crippen LogP contribution in [0.4, 0.5) is 13.2 Å². The average Bonchev–Trinajstić information content (AvgIpc) is 2.72. The summed E-state index contributed by atoms with van der Waals surface area (Å²) in [5, 5.41) is 2.52. The lowest BCUT2D eigenvalue weighted by Crippen LogP contribution is -2.34. The number of fused-ring (bicyclic) bond motifs is 1. The van der Waals surface area contributed by atoms with E-state index in [1.807, 2.05) is 6.07 Å². The van der Waals surface area contributed by atoms with E-state index in [0.29, 0.717) is 0 Å². The molecule has 0 aliphatic carbocycles. The molecule has 1 aliphatic heterocycles. The van der Waals surface area contributed by atoms with Gasteiger partial charge < -0.3 is 4.90 Å². The number of halogens is 4. The van der Waals surface area contributed by atoms with E-state index in [1.54, 1.807) is 0 Å². The van der Waals surface area contributed by atoms with Crippen molar-refractivity contribution in [3.63, 3.8) is 0 Å².